The lowest BCUT2D eigenvalue weighted by Gasteiger charge is -2.31. The molecule has 4 rings (SSSR count). The quantitative estimate of drug-likeness (QED) is 0.528. The number of hydrogen-bond acceptors (Lipinski definition) is 5. The van der Waals surface area contributed by atoms with Crippen LogP contribution in [0.25, 0.3) is 0 Å². The van der Waals surface area contributed by atoms with Crippen LogP contribution in [0.3, 0.4) is 0 Å². The van der Waals surface area contributed by atoms with Crippen LogP contribution in [0.5, 0.6) is 0 Å². The summed E-state index contributed by atoms with van der Waals surface area (Å²) in [6, 6.07) is 0.934. The van der Waals surface area contributed by atoms with Gasteiger partial charge in [-0.25, -0.2) is 0 Å². The Morgan fingerprint density at radius 1 is 1.19 bits per heavy atom. The van der Waals surface area contributed by atoms with Crippen molar-refractivity contribution in [3.05, 3.63) is 27.3 Å². The fourth-order valence-electron chi connectivity index (χ4n) is 5.24. The summed E-state index contributed by atoms with van der Waals surface area (Å²) in [5.41, 5.74) is 1.75. The number of hydrogen-bond donors (Lipinski definition) is 2. The van der Waals surface area contributed by atoms with Crippen molar-refractivity contribution in [2.45, 2.75) is 51.2 Å². The molecule has 1 amide bonds. The van der Waals surface area contributed by atoms with Crippen LogP contribution in [-0.4, -0.2) is 43.2 Å². The predicted octanol–water partition coefficient (Wildman–Crippen LogP) is 4.25. The number of nitro groups is 1. The molecule has 10 heteroatoms. The van der Waals surface area contributed by atoms with E-state index in [0.29, 0.717) is 28.8 Å². The summed E-state index contributed by atoms with van der Waals surface area (Å²) < 4.78 is 38.8. The molecular weight excluding hydrogens is 413 g/mol. The molecule has 0 radical (unpaired) electrons. The van der Waals surface area contributed by atoms with Crippen LogP contribution in [0.4, 0.5) is 30.2 Å². The second-order valence-corrected chi connectivity index (χ2v) is 9.02. The lowest BCUT2D eigenvalue weighted by molar-refractivity contribution is -0.384. The Bertz CT molecular complexity index is 887. The Morgan fingerprint density at radius 3 is 2.32 bits per heavy atom. The van der Waals surface area contributed by atoms with Crippen LogP contribution in [0.15, 0.2) is 6.07 Å². The number of rotatable bonds is 5. The number of benzene rings is 1. The normalized spacial score (nSPS) is 27.6. The molecule has 7 nitrogen and oxygen atoms in total. The van der Waals surface area contributed by atoms with Gasteiger partial charge in [0.15, 0.2) is 0 Å². The third kappa shape index (κ3) is 4.16. The molecule has 1 aromatic carbocycles. The molecule has 2 aliphatic carbocycles. The van der Waals surface area contributed by atoms with E-state index in [0.717, 1.165) is 13.1 Å². The predicted molar refractivity (Wildman–Crippen MR) is 110 cm³/mol. The maximum absolute atomic E-state index is 13.2. The topological polar surface area (TPSA) is 87.5 Å². The number of nitrogens with zero attached hydrogens (tertiary/aromatic N) is 2. The number of halogens is 3. The van der Waals surface area contributed by atoms with Gasteiger partial charge >= 0.3 is 6.18 Å². The number of amides is 1. The molecule has 3 aliphatic rings. The third-order valence-electron chi connectivity index (χ3n) is 7.03. The molecule has 1 aromatic rings. The first-order valence-electron chi connectivity index (χ1n) is 10.7. The molecule has 2 saturated carbocycles. The van der Waals surface area contributed by atoms with E-state index in [2.05, 4.69) is 15.5 Å². The van der Waals surface area contributed by atoms with Crippen molar-refractivity contribution in [1.82, 2.24) is 5.32 Å². The van der Waals surface area contributed by atoms with E-state index in [4.69, 9.17) is 0 Å². The van der Waals surface area contributed by atoms with E-state index in [-0.39, 0.29) is 43.0 Å². The smallest absolute Gasteiger partial charge is 0.382 e. The zero-order valence-corrected chi connectivity index (χ0v) is 17.6. The zero-order valence-electron chi connectivity index (χ0n) is 17.6. The lowest BCUT2D eigenvalue weighted by atomic mass is 9.85. The van der Waals surface area contributed by atoms with Crippen molar-refractivity contribution in [3.8, 4) is 0 Å². The van der Waals surface area contributed by atoms with Gasteiger partial charge in [0, 0.05) is 37.8 Å². The number of piperidine rings is 1. The van der Waals surface area contributed by atoms with E-state index in [1.54, 1.807) is 14.0 Å². The van der Waals surface area contributed by atoms with Gasteiger partial charge in [-0.3, -0.25) is 14.9 Å². The number of fused-ring (bicyclic) bond motifs is 1. The fourth-order valence-corrected chi connectivity index (χ4v) is 5.24. The lowest BCUT2D eigenvalue weighted by Crippen LogP contribution is -2.40. The van der Waals surface area contributed by atoms with Gasteiger partial charge in [0.25, 0.3) is 11.6 Å². The number of anilines is 2. The molecule has 3 fully saturated rings. The maximum Gasteiger partial charge on any atom is 0.391 e. The van der Waals surface area contributed by atoms with E-state index >= 15 is 0 Å². The highest BCUT2D eigenvalue weighted by Gasteiger charge is 2.47. The van der Waals surface area contributed by atoms with Crippen molar-refractivity contribution in [2.24, 2.45) is 17.8 Å². The third-order valence-corrected chi connectivity index (χ3v) is 7.03. The number of alkyl halides is 3. The van der Waals surface area contributed by atoms with Crippen LogP contribution < -0.4 is 15.5 Å². The molecule has 170 valence electrons. The average Bonchev–Trinajstić information content (AvgIpc) is 3.31. The number of nitrogens with one attached hydrogen (secondary N) is 2. The van der Waals surface area contributed by atoms with Crippen molar-refractivity contribution < 1.29 is 22.9 Å². The van der Waals surface area contributed by atoms with Gasteiger partial charge in [-0.1, -0.05) is 0 Å². The van der Waals surface area contributed by atoms with Gasteiger partial charge in [0.1, 0.15) is 5.69 Å². The monoisotopic (exact) mass is 440 g/mol. The van der Waals surface area contributed by atoms with Gasteiger partial charge in [-0.05, 0) is 50.9 Å². The minimum absolute atomic E-state index is 0.0192. The van der Waals surface area contributed by atoms with Crippen molar-refractivity contribution in [2.75, 3.05) is 30.4 Å². The summed E-state index contributed by atoms with van der Waals surface area (Å²) in [4.78, 5) is 26.4. The van der Waals surface area contributed by atoms with Crippen LogP contribution in [-0.2, 0) is 0 Å². The Hall–Kier alpha value is -2.52. The summed E-state index contributed by atoms with van der Waals surface area (Å²) in [6.45, 7) is 3.39. The Labute approximate surface area is 178 Å². The minimum Gasteiger partial charge on any atom is -0.382 e. The van der Waals surface area contributed by atoms with E-state index < -0.39 is 22.9 Å². The molecule has 2 N–H and O–H groups in total. The van der Waals surface area contributed by atoms with Crippen LogP contribution >= 0.6 is 0 Å². The van der Waals surface area contributed by atoms with Gasteiger partial charge in [-0.15, -0.1) is 0 Å². The molecular formula is C21H27F3N4O3. The molecule has 1 saturated heterocycles. The molecule has 0 spiro atoms. The standard InChI is InChI=1S/C21H27F3N4O3/c1-11-18(25-2)17(28(30)31)8-16(19(11)27-9-12-7-13(12)10-27)20(29)26-15-5-3-14(4-6-15)21(22,23)24/h8,12-15,25H,3-7,9-10H2,1-2H3,(H,26,29)/t12-,13-,14?,15?/m0/s1. The van der Waals surface area contributed by atoms with Gasteiger partial charge in [0.2, 0.25) is 0 Å². The Balaban J connectivity index is 1.60. The Morgan fingerprint density at radius 2 is 1.81 bits per heavy atom. The van der Waals surface area contributed by atoms with Crippen molar-refractivity contribution >= 4 is 23.0 Å². The molecule has 1 heterocycles. The van der Waals surface area contributed by atoms with Crippen LogP contribution in [0.1, 0.15) is 48.0 Å². The first-order valence-corrected chi connectivity index (χ1v) is 10.7. The first-order chi connectivity index (χ1) is 14.6. The van der Waals surface area contributed by atoms with Crippen molar-refractivity contribution in [3.63, 3.8) is 0 Å². The highest BCUT2D eigenvalue weighted by Crippen LogP contribution is 2.49. The van der Waals surface area contributed by atoms with Gasteiger partial charge in [-0.2, -0.15) is 13.2 Å². The summed E-state index contributed by atoms with van der Waals surface area (Å²) >= 11 is 0. The second-order valence-electron chi connectivity index (χ2n) is 9.02. The maximum atomic E-state index is 13.2. The van der Waals surface area contributed by atoms with Gasteiger partial charge in [0.05, 0.1) is 22.1 Å². The fraction of sp³-hybridized carbons (Fsp3) is 0.667. The first kappa shape index (κ1) is 21.7. The second kappa shape index (κ2) is 7.87. The van der Waals surface area contributed by atoms with Crippen LogP contribution in [0.2, 0.25) is 0 Å². The molecule has 0 unspecified atom stereocenters. The van der Waals surface area contributed by atoms with E-state index in [1.165, 1.54) is 12.5 Å². The zero-order chi connectivity index (χ0) is 22.5. The molecule has 0 bridgehead atoms. The number of nitro benzene ring substituents is 1. The van der Waals surface area contributed by atoms with Gasteiger partial charge < -0.3 is 15.5 Å². The molecule has 2 atom stereocenters. The molecule has 0 aromatic heterocycles. The largest absolute Gasteiger partial charge is 0.391 e. The summed E-state index contributed by atoms with van der Waals surface area (Å²) in [6.07, 6.45) is -2.59. The summed E-state index contributed by atoms with van der Waals surface area (Å²) in [7, 11) is 1.61. The number of carbonyl (C=O) groups excluding carboxylic acids is 1. The average molecular weight is 440 g/mol. The summed E-state index contributed by atoms with van der Waals surface area (Å²) in [5.74, 6) is -0.590. The van der Waals surface area contributed by atoms with Crippen molar-refractivity contribution in [1.29, 1.82) is 0 Å². The SMILES string of the molecule is CNc1c([N+](=O)[O-])cc(C(=O)NC2CCC(C(F)(F)F)CC2)c(N2C[C@@H]3C[C@H]3C2)c1C. The molecule has 31 heavy (non-hydrogen) atoms. The van der Waals surface area contributed by atoms with Crippen LogP contribution in [0, 0.1) is 34.8 Å². The molecule has 1 aliphatic heterocycles. The highest BCUT2D eigenvalue weighted by atomic mass is 19.4. The summed E-state index contributed by atoms with van der Waals surface area (Å²) in [5, 5.41) is 17.4. The highest BCUT2D eigenvalue weighted by molar-refractivity contribution is 6.03. The minimum atomic E-state index is -4.21. The van der Waals surface area contributed by atoms with E-state index in [1.807, 2.05) is 0 Å². The number of carbonyl (C=O) groups is 1. The Kier molecular flexibility index (Phi) is 5.51. The van der Waals surface area contributed by atoms with E-state index in [9.17, 15) is 28.1 Å².